The first-order valence-corrected chi connectivity index (χ1v) is 10.7. The largest absolute Gasteiger partial charge is 0.303 e. The number of aromatic nitrogens is 2. The molecule has 0 saturated carbocycles. The van der Waals surface area contributed by atoms with E-state index in [9.17, 15) is 9.18 Å². The van der Waals surface area contributed by atoms with Crippen molar-refractivity contribution in [1.82, 2.24) is 14.5 Å². The fourth-order valence-electron chi connectivity index (χ4n) is 3.82. The van der Waals surface area contributed by atoms with Crippen molar-refractivity contribution >= 4 is 22.7 Å². The van der Waals surface area contributed by atoms with Crippen LogP contribution in [0.2, 0.25) is 0 Å². The van der Waals surface area contributed by atoms with Crippen molar-refractivity contribution in [2.45, 2.75) is 36.9 Å². The molecule has 1 aliphatic heterocycles. The molecule has 1 unspecified atom stereocenters. The molecule has 1 aliphatic rings. The lowest BCUT2D eigenvalue weighted by Crippen LogP contribution is -2.36. The zero-order chi connectivity index (χ0) is 19.5. The van der Waals surface area contributed by atoms with Gasteiger partial charge in [-0.15, -0.1) is 0 Å². The van der Waals surface area contributed by atoms with Gasteiger partial charge >= 0.3 is 0 Å². The maximum atomic E-state index is 13.4. The first-order valence-electron chi connectivity index (χ1n) is 9.74. The van der Waals surface area contributed by atoms with E-state index < -0.39 is 0 Å². The Kier molecular flexibility index (Phi) is 5.78. The van der Waals surface area contributed by atoms with E-state index in [1.165, 1.54) is 31.4 Å². The molecule has 0 amide bonds. The molecule has 1 atom stereocenters. The summed E-state index contributed by atoms with van der Waals surface area (Å²) in [6, 6.07) is 14.0. The summed E-state index contributed by atoms with van der Waals surface area (Å²) >= 11 is 1.60. The Labute approximate surface area is 168 Å². The third kappa shape index (κ3) is 3.98. The van der Waals surface area contributed by atoms with Crippen LogP contribution >= 0.6 is 11.8 Å². The summed E-state index contributed by atoms with van der Waals surface area (Å²) in [5, 5.41) is 1.23. The highest BCUT2D eigenvalue weighted by Crippen LogP contribution is 2.25. The van der Waals surface area contributed by atoms with Crippen molar-refractivity contribution in [2.24, 2.45) is 0 Å². The van der Waals surface area contributed by atoms with Gasteiger partial charge in [0.25, 0.3) is 5.56 Å². The number of piperidine rings is 1. The van der Waals surface area contributed by atoms with Gasteiger partial charge in [0.05, 0.1) is 16.6 Å². The van der Waals surface area contributed by atoms with Gasteiger partial charge in [0.15, 0.2) is 5.16 Å². The second-order valence-corrected chi connectivity index (χ2v) is 8.36. The average molecular weight is 398 g/mol. The summed E-state index contributed by atoms with van der Waals surface area (Å²) in [7, 11) is 2.19. The third-order valence-electron chi connectivity index (χ3n) is 5.43. The fourth-order valence-corrected chi connectivity index (χ4v) is 4.87. The minimum atomic E-state index is -0.319. The van der Waals surface area contributed by atoms with E-state index in [2.05, 4.69) is 11.9 Å². The number of halogens is 1. The van der Waals surface area contributed by atoms with Gasteiger partial charge in [-0.25, -0.2) is 9.37 Å². The second-order valence-electron chi connectivity index (χ2n) is 7.30. The molecule has 1 saturated heterocycles. The number of rotatable bonds is 5. The van der Waals surface area contributed by atoms with Gasteiger partial charge < -0.3 is 4.90 Å². The van der Waals surface area contributed by atoms with E-state index >= 15 is 0 Å². The monoisotopic (exact) mass is 397 g/mol. The molecule has 2 aromatic carbocycles. The molecule has 0 spiro atoms. The quantitative estimate of drug-likeness (QED) is 0.470. The van der Waals surface area contributed by atoms with Gasteiger partial charge in [-0.1, -0.05) is 30.3 Å². The molecule has 28 heavy (non-hydrogen) atoms. The van der Waals surface area contributed by atoms with E-state index in [4.69, 9.17) is 4.98 Å². The van der Waals surface area contributed by atoms with Gasteiger partial charge in [0.2, 0.25) is 0 Å². The lowest BCUT2D eigenvalue weighted by molar-refractivity contribution is 0.182. The van der Waals surface area contributed by atoms with Crippen molar-refractivity contribution in [3.63, 3.8) is 0 Å². The number of likely N-dealkylation sites (tertiary alicyclic amines) is 1. The predicted molar refractivity (Wildman–Crippen MR) is 113 cm³/mol. The lowest BCUT2D eigenvalue weighted by atomic mass is 10.0. The molecule has 0 N–H and O–H groups in total. The first kappa shape index (κ1) is 19.2. The number of benzene rings is 2. The molecule has 0 bridgehead atoms. The summed E-state index contributed by atoms with van der Waals surface area (Å²) in [6.45, 7) is 1.16. The van der Waals surface area contributed by atoms with Crippen LogP contribution in [0.5, 0.6) is 0 Å². The van der Waals surface area contributed by atoms with Crippen molar-refractivity contribution < 1.29 is 4.39 Å². The molecule has 0 aliphatic carbocycles. The molecular weight excluding hydrogens is 373 g/mol. The fraction of sp³-hybridized carbons (Fsp3) is 0.364. The average Bonchev–Trinajstić information content (AvgIpc) is 2.71. The minimum absolute atomic E-state index is 0.116. The van der Waals surface area contributed by atoms with Crippen LogP contribution in [0.3, 0.4) is 0 Å². The minimum Gasteiger partial charge on any atom is -0.303 e. The Bertz CT molecular complexity index is 1020. The normalized spacial score (nSPS) is 17.9. The maximum absolute atomic E-state index is 13.4. The predicted octanol–water partition coefficient (Wildman–Crippen LogP) is 4.49. The molecule has 4 nitrogen and oxygen atoms in total. The van der Waals surface area contributed by atoms with Gasteiger partial charge in [0.1, 0.15) is 5.82 Å². The Morgan fingerprint density at radius 3 is 2.71 bits per heavy atom. The van der Waals surface area contributed by atoms with E-state index in [1.54, 1.807) is 34.5 Å². The Morgan fingerprint density at radius 2 is 1.93 bits per heavy atom. The molecule has 6 heteroatoms. The number of nitrogens with zero attached hydrogens (tertiary/aromatic N) is 3. The number of hydrogen-bond acceptors (Lipinski definition) is 4. The zero-order valence-electron chi connectivity index (χ0n) is 16.0. The van der Waals surface area contributed by atoms with Crippen molar-refractivity contribution in [2.75, 3.05) is 19.3 Å². The number of thioether (sulfide) groups is 1. The standard InChI is InChI=1S/C22H24FN3OS/c1-25-14-5-4-6-17(25)13-15-28-22-24-20-8-3-2-7-19(20)21(27)26(22)18-11-9-16(23)10-12-18/h2-3,7-12,17H,4-6,13-15H2,1H3. The summed E-state index contributed by atoms with van der Waals surface area (Å²) in [5.41, 5.74) is 1.22. The Morgan fingerprint density at radius 1 is 1.14 bits per heavy atom. The summed E-state index contributed by atoms with van der Waals surface area (Å²) in [6.07, 6.45) is 4.85. The van der Waals surface area contributed by atoms with Crippen LogP contribution in [0.25, 0.3) is 16.6 Å². The molecule has 4 rings (SSSR count). The first-order chi connectivity index (χ1) is 13.6. The van der Waals surface area contributed by atoms with Gasteiger partial charge in [-0.2, -0.15) is 0 Å². The van der Waals surface area contributed by atoms with Crippen molar-refractivity contribution in [3.05, 3.63) is 64.7 Å². The molecule has 146 valence electrons. The summed E-state index contributed by atoms with van der Waals surface area (Å²) in [4.78, 5) is 20.3. The molecule has 1 fully saturated rings. The Hall–Kier alpha value is -2.18. The van der Waals surface area contributed by atoms with Crippen molar-refractivity contribution in [3.8, 4) is 5.69 Å². The van der Waals surface area contributed by atoms with Crippen LogP contribution in [0.4, 0.5) is 4.39 Å². The highest BCUT2D eigenvalue weighted by Gasteiger charge is 2.19. The highest BCUT2D eigenvalue weighted by molar-refractivity contribution is 7.99. The summed E-state index contributed by atoms with van der Waals surface area (Å²) in [5.74, 6) is 0.570. The van der Waals surface area contributed by atoms with Crippen LogP contribution in [0.1, 0.15) is 25.7 Å². The maximum Gasteiger partial charge on any atom is 0.266 e. The van der Waals surface area contributed by atoms with E-state index in [1.807, 2.05) is 18.2 Å². The molecule has 0 radical (unpaired) electrons. The van der Waals surface area contributed by atoms with E-state index in [0.717, 1.165) is 18.7 Å². The summed E-state index contributed by atoms with van der Waals surface area (Å²) < 4.78 is 15.0. The lowest BCUT2D eigenvalue weighted by Gasteiger charge is -2.32. The van der Waals surface area contributed by atoms with Crippen LogP contribution in [-0.4, -0.2) is 39.8 Å². The molecule has 1 aromatic heterocycles. The molecule has 3 aromatic rings. The number of fused-ring (bicyclic) bond motifs is 1. The molecule has 2 heterocycles. The second kappa shape index (κ2) is 8.45. The third-order valence-corrected chi connectivity index (χ3v) is 6.41. The topological polar surface area (TPSA) is 38.1 Å². The van der Waals surface area contributed by atoms with E-state index in [-0.39, 0.29) is 11.4 Å². The number of para-hydroxylation sites is 1. The van der Waals surface area contributed by atoms with Gasteiger partial charge in [-0.3, -0.25) is 9.36 Å². The van der Waals surface area contributed by atoms with Crippen molar-refractivity contribution in [1.29, 1.82) is 0 Å². The smallest absolute Gasteiger partial charge is 0.266 e. The Balaban J connectivity index is 1.66. The molecular formula is C22H24FN3OS. The van der Waals surface area contributed by atoms with Crippen LogP contribution in [0, 0.1) is 5.82 Å². The van der Waals surface area contributed by atoms with Gasteiger partial charge in [-0.05, 0) is 69.3 Å². The van der Waals surface area contributed by atoms with Crippen LogP contribution in [-0.2, 0) is 0 Å². The SMILES string of the molecule is CN1CCCCC1CCSc1nc2ccccc2c(=O)n1-c1ccc(F)cc1. The van der Waals surface area contributed by atoms with E-state index in [0.29, 0.717) is 27.8 Å². The van der Waals surface area contributed by atoms with Gasteiger partial charge in [0, 0.05) is 11.8 Å². The highest BCUT2D eigenvalue weighted by atomic mass is 32.2. The van der Waals surface area contributed by atoms with Crippen LogP contribution < -0.4 is 5.56 Å². The number of hydrogen-bond donors (Lipinski definition) is 0. The zero-order valence-corrected chi connectivity index (χ0v) is 16.8. The van der Waals surface area contributed by atoms with Crippen LogP contribution in [0.15, 0.2) is 58.5 Å².